The molecular formula is C20H29N4O3S+. The molecule has 7 nitrogen and oxygen atoms in total. The summed E-state index contributed by atoms with van der Waals surface area (Å²) < 4.78 is 6.79. The lowest BCUT2D eigenvalue weighted by molar-refractivity contribution is -0.902. The van der Waals surface area contributed by atoms with Crippen molar-refractivity contribution in [3.63, 3.8) is 0 Å². The van der Waals surface area contributed by atoms with Crippen molar-refractivity contribution in [1.29, 1.82) is 0 Å². The van der Waals surface area contributed by atoms with E-state index in [2.05, 4.69) is 11.9 Å². The third-order valence-corrected chi connectivity index (χ3v) is 6.34. The first-order valence-corrected chi connectivity index (χ1v) is 10.7. The summed E-state index contributed by atoms with van der Waals surface area (Å²) in [7, 11) is 1.61. The second kappa shape index (κ2) is 9.54. The molecule has 0 bridgehead atoms. The van der Waals surface area contributed by atoms with Crippen molar-refractivity contribution in [2.75, 3.05) is 46.4 Å². The van der Waals surface area contributed by atoms with Crippen LogP contribution in [0.2, 0.25) is 0 Å². The standard InChI is InChI=1S/C20H28N4O3S/c1-4-22-9-11-23(12-10-22)18(25)15(2)28-20-21-17-8-6-5-7-16(17)19(26)24(20)13-14-27-3/h5-8,15H,4,9-14H2,1-3H3/p+1/t15-/m1/s1. The molecule has 1 amide bonds. The molecule has 1 aromatic carbocycles. The normalized spacial score (nSPS) is 16.5. The molecule has 1 aliphatic rings. The molecule has 2 heterocycles. The molecule has 0 aliphatic carbocycles. The molecule has 0 radical (unpaired) electrons. The lowest BCUT2D eigenvalue weighted by Gasteiger charge is -2.33. The molecule has 3 rings (SSSR count). The minimum Gasteiger partial charge on any atom is -0.383 e. The zero-order valence-electron chi connectivity index (χ0n) is 16.8. The number of hydrogen-bond donors (Lipinski definition) is 1. The van der Waals surface area contributed by atoms with Gasteiger partial charge >= 0.3 is 0 Å². The number of piperazine rings is 1. The number of hydrogen-bond acceptors (Lipinski definition) is 5. The van der Waals surface area contributed by atoms with Crippen LogP contribution in [-0.2, 0) is 16.1 Å². The van der Waals surface area contributed by atoms with E-state index in [-0.39, 0.29) is 16.7 Å². The first kappa shape index (κ1) is 20.8. The third-order valence-electron chi connectivity index (χ3n) is 5.26. The minimum atomic E-state index is -0.301. The SMILES string of the molecule is CC[NH+]1CCN(C(=O)[C@@H](C)Sc2nc3ccccc3c(=O)n2CCOC)CC1. The van der Waals surface area contributed by atoms with Crippen LogP contribution in [0.1, 0.15) is 13.8 Å². The fourth-order valence-corrected chi connectivity index (χ4v) is 4.50. The van der Waals surface area contributed by atoms with Gasteiger partial charge in [0.2, 0.25) is 5.91 Å². The van der Waals surface area contributed by atoms with Crippen LogP contribution < -0.4 is 10.5 Å². The fourth-order valence-electron chi connectivity index (χ4n) is 3.48. The molecule has 2 aromatic rings. The molecule has 0 spiro atoms. The number of ether oxygens (including phenoxy) is 1. The van der Waals surface area contributed by atoms with E-state index in [4.69, 9.17) is 4.74 Å². The van der Waals surface area contributed by atoms with E-state index in [9.17, 15) is 9.59 Å². The quantitative estimate of drug-likeness (QED) is 0.529. The predicted octanol–water partition coefficient (Wildman–Crippen LogP) is 0.271. The van der Waals surface area contributed by atoms with Gasteiger partial charge in [-0.05, 0) is 26.0 Å². The van der Waals surface area contributed by atoms with Crippen molar-refractivity contribution in [3.05, 3.63) is 34.6 Å². The summed E-state index contributed by atoms with van der Waals surface area (Å²) >= 11 is 1.36. The van der Waals surface area contributed by atoms with Gasteiger partial charge in [-0.1, -0.05) is 23.9 Å². The van der Waals surface area contributed by atoms with E-state index in [1.807, 2.05) is 30.0 Å². The van der Waals surface area contributed by atoms with Gasteiger partial charge in [-0.25, -0.2) is 4.98 Å². The van der Waals surface area contributed by atoms with E-state index in [1.165, 1.54) is 16.7 Å². The number of amides is 1. The number of para-hydroxylation sites is 1. The van der Waals surface area contributed by atoms with Crippen molar-refractivity contribution in [1.82, 2.24) is 14.5 Å². The number of benzene rings is 1. The van der Waals surface area contributed by atoms with Gasteiger partial charge in [0, 0.05) is 7.11 Å². The zero-order chi connectivity index (χ0) is 20.1. The molecule has 0 saturated carbocycles. The van der Waals surface area contributed by atoms with Gasteiger partial charge in [0.15, 0.2) is 5.16 Å². The second-order valence-electron chi connectivity index (χ2n) is 7.05. The first-order chi connectivity index (χ1) is 13.5. The van der Waals surface area contributed by atoms with Crippen LogP contribution in [0.5, 0.6) is 0 Å². The summed E-state index contributed by atoms with van der Waals surface area (Å²) in [6.07, 6.45) is 0. The summed E-state index contributed by atoms with van der Waals surface area (Å²) in [6.45, 7) is 9.55. The first-order valence-electron chi connectivity index (χ1n) is 9.82. The van der Waals surface area contributed by atoms with Gasteiger partial charge in [-0.2, -0.15) is 0 Å². The molecule has 0 unspecified atom stereocenters. The zero-order valence-corrected chi connectivity index (χ0v) is 17.6. The smallest absolute Gasteiger partial charge is 0.262 e. The maximum absolute atomic E-state index is 12.9. The highest BCUT2D eigenvalue weighted by Gasteiger charge is 2.28. The number of methoxy groups -OCH3 is 1. The van der Waals surface area contributed by atoms with Crippen LogP contribution in [0.3, 0.4) is 0 Å². The summed E-state index contributed by atoms with van der Waals surface area (Å²) in [5, 5.41) is 0.852. The Morgan fingerprint density at radius 3 is 2.71 bits per heavy atom. The monoisotopic (exact) mass is 405 g/mol. The van der Waals surface area contributed by atoms with E-state index in [1.54, 1.807) is 17.7 Å². The Morgan fingerprint density at radius 1 is 1.32 bits per heavy atom. The minimum absolute atomic E-state index is 0.0926. The van der Waals surface area contributed by atoms with Crippen LogP contribution in [-0.4, -0.2) is 72.0 Å². The summed E-state index contributed by atoms with van der Waals surface area (Å²) in [5.74, 6) is 0.112. The van der Waals surface area contributed by atoms with E-state index < -0.39 is 0 Å². The Bertz CT molecular complexity index is 877. The summed E-state index contributed by atoms with van der Waals surface area (Å²) in [6, 6.07) is 7.32. The lowest BCUT2D eigenvalue weighted by Crippen LogP contribution is -3.14. The summed E-state index contributed by atoms with van der Waals surface area (Å²) in [5.41, 5.74) is 0.563. The van der Waals surface area contributed by atoms with Gasteiger partial charge in [0.25, 0.3) is 5.56 Å². The second-order valence-corrected chi connectivity index (χ2v) is 8.36. The van der Waals surface area contributed by atoms with Gasteiger partial charge in [-0.15, -0.1) is 0 Å². The van der Waals surface area contributed by atoms with Gasteiger partial charge in [0.1, 0.15) is 0 Å². The summed E-state index contributed by atoms with van der Waals surface area (Å²) in [4.78, 5) is 34.0. The molecule has 1 fully saturated rings. The largest absolute Gasteiger partial charge is 0.383 e. The van der Waals surface area contributed by atoms with Crippen LogP contribution in [0, 0.1) is 0 Å². The van der Waals surface area contributed by atoms with Crippen molar-refractivity contribution in [2.45, 2.75) is 30.8 Å². The van der Waals surface area contributed by atoms with Crippen LogP contribution >= 0.6 is 11.8 Å². The molecule has 1 atom stereocenters. The van der Waals surface area contributed by atoms with E-state index in [0.29, 0.717) is 29.2 Å². The molecule has 1 aromatic heterocycles. The molecular weight excluding hydrogens is 376 g/mol. The molecule has 1 saturated heterocycles. The number of likely N-dealkylation sites (N-methyl/N-ethyl adjacent to an activating group) is 1. The number of carbonyl (C=O) groups excluding carboxylic acids is 1. The number of quaternary nitrogens is 1. The topological polar surface area (TPSA) is 68.9 Å². The maximum Gasteiger partial charge on any atom is 0.262 e. The van der Waals surface area contributed by atoms with Crippen molar-refractivity contribution >= 4 is 28.6 Å². The Kier molecular flexibility index (Phi) is 7.09. The van der Waals surface area contributed by atoms with Gasteiger partial charge < -0.3 is 14.5 Å². The average Bonchev–Trinajstić information content (AvgIpc) is 2.73. The van der Waals surface area contributed by atoms with E-state index in [0.717, 1.165) is 32.7 Å². The van der Waals surface area contributed by atoms with Crippen molar-refractivity contribution < 1.29 is 14.4 Å². The Labute approximate surface area is 169 Å². The molecule has 1 aliphatic heterocycles. The average molecular weight is 406 g/mol. The fraction of sp³-hybridized carbons (Fsp3) is 0.550. The van der Waals surface area contributed by atoms with Crippen molar-refractivity contribution in [3.8, 4) is 0 Å². The number of carbonyl (C=O) groups is 1. The highest BCUT2D eigenvalue weighted by molar-refractivity contribution is 8.00. The highest BCUT2D eigenvalue weighted by atomic mass is 32.2. The van der Waals surface area contributed by atoms with Gasteiger partial charge in [0.05, 0.1) is 62.0 Å². The highest BCUT2D eigenvalue weighted by Crippen LogP contribution is 2.24. The number of thioether (sulfide) groups is 1. The number of nitrogens with one attached hydrogen (secondary N) is 1. The molecule has 152 valence electrons. The molecule has 28 heavy (non-hydrogen) atoms. The number of fused-ring (bicyclic) bond motifs is 1. The number of nitrogens with zero attached hydrogens (tertiary/aromatic N) is 3. The Balaban J connectivity index is 1.82. The lowest BCUT2D eigenvalue weighted by atomic mass is 10.2. The molecule has 8 heteroatoms. The van der Waals surface area contributed by atoms with Gasteiger partial charge in [-0.3, -0.25) is 14.2 Å². The number of rotatable bonds is 7. The van der Waals surface area contributed by atoms with Crippen LogP contribution in [0.4, 0.5) is 0 Å². The Morgan fingerprint density at radius 2 is 2.04 bits per heavy atom. The third kappa shape index (κ3) is 4.56. The number of aromatic nitrogens is 2. The van der Waals surface area contributed by atoms with Crippen molar-refractivity contribution in [2.24, 2.45) is 0 Å². The maximum atomic E-state index is 12.9. The Hall–Kier alpha value is -1.90. The van der Waals surface area contributed by atoms with Crippen LogP contribution in [0.15, 0.2) is 34.2 Å². The molecule has 1 N–H and O–H groups in total. The van der Waals surface area contributed by atoms with E-state index >= 15 is 0 Å². The predicted molar refractivity (Wildman–Crippen MR) is 111 cm³/mol. The van der Waals surface area contributed by atoms with Crippen LogP contribution in [0.25, 0.3) is 10.9 Å².